The highest BCUT2D eigenvalue weighted by molar-refractivity contribution is 5.85. The molecule has 0 unspecified atom stereocenters. The second-order valence-corrected chi connectivity index (χ2v) is 6.33. The van der Waals surface area contributed by atoms with Gasteiger partial charge in [0.05, 0.1) is 12.0 Å². The van der Waals surface area contributed by atoms with Crippen molar-refractivity contribution in [2.45, 2.75) is 46.5 Å². The summed E-state index contributed by atoms with van der Waals surface area (Å²) in [6.07, 6.45) is 1.78. The lowest BCUT2D eigenvalue weighted by Gasteiger charge is -2.26. The molecule has 0 atom stereocenters. The van der Waals surface area contributed by atoms with E-state index in [1.807, 2.05) is 31.2 Å². The van der Waals surface area contributed by atoms with Crippen LogP contribution in [0.3, 0.4) is 0 Å². The number of aryl methyl sites for hydroxylation is 2. The van der Waals surface area contributed by atoms with Crippen molar-refractivity contribution < 1.29 is 19.5 Å². The van der Waals surface area contributed by atoms with Crippen LogP contribution in [0.5, 0.6) is 0 Å². The summed E-state index contributed by atoms with van der Waals surface area (Å²) in [5.74, 6) is -1.50. The molecule has 0 fully saturated rings. The summed E-state index contributed by atoms with van der Waals surface area (Å²) in [4.78, 5) is 35.0. The average molecular weight is 348 g/mol. The van der Waals surface area contributed by atoms with Crippen LogP contribution in [-0.2, 0) is 20.8 Å². The summed E-state index contributed by atoms with van der Waals surface area (Å²) in [6, 6.07) is 7.96. The fourth-order valence-electron chi connectivity index (χ4n) is 2.49. The number of carboxylic acid groups (broad SMARTS) is 1. The standard InChI is InChI=1S/C19H28N2O4/c1-4-19(5-2,18(24)25)13-21-17(23)12-20-16(22)11-10-15-8-6-14(3)7-9-15/h6-9H,4-5,10-13H2,1-3H3,(H,20,22)(H,21,23)(H,24,25). The molecule has 0 aliphatic rings. The maximum atomic E-state index is 11.8. The molecule has 138 valence electrons. The van der Waals surface area contributed by atoms with E-state index in [0.717, 1.165) is 5.56 Å². The van der Waals surface area contributed by atoms with Gasteiger partial charge in [0.2, 0.25) is 11.8 Å². The number of carbonyl (C=O) groups is 3. The number of nitrogens with one attached hydrogen (secondary N) is 2. The molecule has 1 rings (SSSR count). The predicted molar refractivity (Wildman–Crippen MR) is 96.2 cm³/mol. The lowest BCUT2D eigenvalue weighted by molar-refractivity contribution is -0.149. The topological polar surface area (TPSA) is 95.5 Å². The van der Waals surface area contributed by atoms with E-state index in [1.165, 1.54) is 5.56 Å². The van der Waals surface area contributed by atoms with Gasteiger partial charge in [-0.3, -0.25) is 14.4 Å². The van der Waals surface area contributed by atoms with Gasteiger partial charge in [0.15, 0.2) is 0 Å². The van der Waals surface area contributed by atoms with Gasteiger partial charge in [0.25, 0.3) is 0 Å². The summed E-state index contributed by atoms with van der Waals surface area (Å²) in [5, 5.41) is 14.5. The second-order valence-electron chi connectivity index (χ2n) is 6.33. The van der Waals surface area contributed by atoms with Crippen LogP contribution in [0.15, 0.2) is 24.3 Å². The second kappa shape index (κ2) is 9.81. The summed E-state index contributed by atoms with van der Waals surface area (Å²) < 4.78 is 0. The smallest absolute Gasteiger partial charge is 0.311 e. The molecule has 0 aromatic heterocycles. The lowest BCUT2D eigenvalue weighted by atomic mass is 9.82. The first-order chi connectivity index (χ1) is 11.8. The van der Waals surface area contributed by atoms with E-state index in [-0.39, 0.29) is 24.9 Å². The first-order valence-electron chi connectivity index (χ1n) is 8.65. The maximum absolute atomic E-state index is 11.8. The third-order valence-electron chi connectivity index (χ3n) is 4.64. The van der Waals surface area contributed by atoms with Crippen molar-refractivity contribution in [3.05, 3.63) is 35.4 Å². The van der Waals surface area contributed by atoms with Crippen molar-refractivity contribution in [2.75, 3.05) is 13.1 Å². The molecule has 6 nitrogen and oxygen atoms in total. The zero-order chi connectivity index (χ0) is 18.9. The SMILES string of the molecule is CCC(CC)(CNC(=O)CNC(=O)CCc1ccc(C)cc1)C(=O)O. The molecule has 0 saturated carbocycles. The first-order valence-corrected chi connectivity index (χ1v) is 8.65. The molecule has 0 aliphatic heterocycles. The van der Waals surface area contributed by atoms with Crippen molar-refractivity contribution in [2.24, 2.45) is 5.41 Å². The fourth-order valence-corrected chi connectivity index (χ4v) is 2.49. The zero-order valence-corrected chi connectivity index (χ0v) is 15.2. The summed E-state index contributed by atoms with van der Waals surface area (Å²) in [6.45, 7) is 5.50. The van der Waals surface area contributed by atoms with Crippen LogP contribution in [0.1, 0.15) is 44.2 Å². The van der Waals surface area contributed by atoms with Gasteiger partial charge in [-0.2, -0.15) is 0 Å². The predicted octanol–water partition coefficient (Wildman–Crippen LogP) is 2.05. The van der Waals surface area contributed by atoms with Crippen molar-refractivity contribution in [1.82, 2.24) is 10.6 Å². The number of aliphatic carboxylic acids is 1. The Balaban J connectivity index is 2.34. The van der Waals surface area contributed by atoms with Crippen LogP contribution in [0.4, 0.5) is 0 Å². The number of hydrogen-bond acceptors (Lipinski definition) is 3. The third-order valence-corrected chi connectivity index (χ3v) is 4.64. The molecule has 3 N–H and O–H groups in total. The molecule has 0 spiro atoms. The Hall–Kier alpha value is -2.37. The van der Waals surface area contributed by atoms with Crippen LogP contribution in [0.2, 0.25) is 0 Å². The largest absolute Gasteiger partial charge is 0.481 e. The minimum atomic E-state index is -0.953. The van der Waals surface area contributed by atoms with Crippen molar-refractivity contribution in [3.8, 4) is 0 Å². The Labute approximate surface area is 149 Å². The molecular formula is C19H28N2O4. The highest BCUT2D eigenvalue weighted by Crippen LogP contribution is 2.25. The van der Waals surface area contributed by atoms with E-state index in [0.29, 0.717) is 25.7 Å². The van der Waals surface area contributed by atoms with E-state index in [1.54, 1.807) is 13.8 Å². The molecule has 1 aromatic rings. The number of carbonyl (C=O) groups excluding carboxylic acids is 2. The summed E-state index contributed by atoms with van der Waals surface area (Å²) in [7, 11) is 0. The molecule has 1 aromatic carbocycles. The highest BCUT2D eigenvalue weighted by atomic mass is 16.4. The van der Waals surface area contributed by atoms with Gasteiger partial charge in [-0.15, -0.1) is 0 Å². The van der Waals surface area contributed by atoms with E-state index in [9.17, 15) is 19.5 Å². The van der Waals surface area contributed by atoms with E-state index >= 15 is 0 Å². The number of hydrogen-bond donors (Lipinski definition) is 3. The molecular weight excluding hydrogens is 320 g/mol. The Morgan fingerprint density at radius 2 is 1.60 bits per heavy atom. The van der Waals surface area contributed by atoms with Crippen LogP contribution in [0, 0.1) is 12.3 Å². The van der Waals surface area contributed by atoms with Gasteiger partial charge in [-0.25, -0.2) is 0 Å². The minimum absolute atomic E-state index is 0.0629. The fraction of sp³-hybridized carbons (Fsp3) is 0.526. The van der Waals surface area contributed by atoms with Crippen LogP contribution in [-0.4, -0.2) is 36.0 Å². The quantitative estimate of drug-likeness (QED) is 0.603. The molecule has 0 aliphatic carbocycles. The molecule has 0 heterocycles. The molecule has 0 saturated heterocycles. The Morgan fingerprint density at radius 1 is 1.00 bits per heavy atom. The van der Waals surface area contributed by atoms with Crippen LogP contribution >= 0.6 is 0 Å². The minimum Gasteiger partial charge on any atom is -0.481 e. The lowest BCUT2D eigenvalue weighted by Crippen LogP contribution is -2.45. The molecule has 25 heavy (non-hydrogen) atoms. The van der Waals surface area contributed by atoms with Gasteiger partial charge in [0, 0.05) is 13.0 Å². The maximum Gasteiger partial charge on any atom is 0.311 e. The molecule has 0 bridgehead atoms. The monoisotopic (exact) mass is 348 g/mol. The van der Waals surface area contributed by atoms with Gasteiger partial charge in [-0.1, -0.05) is 43.7 Å². The highest BCUT2D eigenvalue weighted by Gasteiger charge is 2.35. The summed E-state index contributed by atoms with van der Waals surface area (Å²) in [5.41, 5.74) is 1.29. The van der Waals surface area contributed by atoms with Gasteiger partial charge in [0.1, 0.15) is 0 Å². The van der Waals surface area contributed by atoms with Crippen LogP contribution in [0.25, 0.3) is 0 Å². The third kappa shape index (κ3) is 6.57. The van der Waals surface area contributed by atoms with Crippen molar-refractivity contribution in [1.29, 1.82) is 0 Å². The van der Waals surface area contributed by atoms with Crippen molar-refractivity contribution in [3.63, 3.8) is 0 Å². The van der Waals surface area contributed by atoms with Crippen molar-refractivity contribution >= 4 is 17.8 Å². The first kappa shape index (κ1) is 20.7. The zero-order valence-electron chi connectivity index (χ0n) is 15.2. The average Bonchev–Trinajstić information content (AvgIpc) is 2.60. The number of amides is 2. The van der Waals surface area contributed by atoms with E-state index in [2.05, 4.69) is 10.6 Å². The Kier molecular flexibility index (Phi) is 8.11. The number of benzene rings is 1. The Morgan fingerprint density at radius 3 is 2.12 bits per heavy atom. The van der Waals surface area contributed by atoms with Gasteiger partial charge in [-0.05, 0) is 31.7 Å². The normalized spacial score (nSPS) is 11.0. The Bertz CT molecular complexity index is 592. The molecule has 2 amide bonds. The van der Waals surface area contributed by atoms with E-state index in [4.69, 9.17) is 0 Å². The molecule has 6 heteroatoms. The van der Waals surface area contributed by atoms with Gasteiger partial charge < -0.3 is 15.7 Å². The summed E-state index contributed by atoms with van der Waals surface area (Å²) >= 11 is 0. The number of rotatable bonds is 10. The van der Waals surface area contributed by atoms with Crippen LogP contribution < -0.4 is 10.6 Å². The van der Waals surface area contributed by atoms with Gasteiger partial charge >= 0.3 is 5.97 Å². The molecule has 0 radical (unpaired) electrons. The van der Waals surface area contributed by atoms with E-state index < -0.39 is 11.4 Å². The number of carboxylic acids is 1.